The number of aromatic amines is 1. The van der Waals surface area contributed by atoms with Crippen LogP contribution in [0.1, 0.15) is 35.1 Å². The van der Waals surface area contributed by atoms with E-state index in [-0.39, 0.29) is 5.91 Å². The zero-order valence-corrected chi connectivity index (χ0v) is 8.27. The number of H-pyrrole nitrogens is 1. The summed E-state index contributed by atoms with van der Waals surface area (Å²) in [5.74, 6) is -0.0938. The van der Waals surface area contributed by atoms with E-state index in [9.17, 15) is 4.79 Å². The van der Waals surface area contributed by atoms with Gasteiger partial charge in [-0.25, -0.2) is 0 Å². The molecule has 0 saturated heterocycles. The standard InChI is InChI=1S/C9H15N3O/c1-4-5-10-9(13)8-6(2)7(3)11-12-8/h4-5H2,1-3H3,(H,10,13)(H,11,12). The minimum atomic E-state index is -0.0938. The van der Waals surface area contributed by atoms with E-state index in [0.29, 0.717) is 12.2 Å². The Morgan fingerprint density at radius 3 is 2.69 bits per heavy atom. The number of nitrogens with one attached hydrogen (secondary N) is 2. The smallest absolute Gasteiger partial charge is 0.272 e. The Balaban J connectivity index is 2.71. The van der Waals surface area contributed by atoms with E-state index in [1.165, 1.54) is 0 Å². The normalized spacial score (nSPS) is 10.1. The topological polar surface area (TPSA) is 57.8 Å². The van der Waals surface area contributed by atoms with E-state index in [0.717, 1.165) is 17.7 Å². The fourth-order valence-electron chi connectivity index (χ4n) is 1.03. The third-order valence-electron chi connectivity index (χ3n) is 2.00. The summed E-state index contributed by atoms with van der Waals surface area (Å²) in [5.41, 5.74) is 2.38. The molecule has 0 radical (unpaired) electrons. The third-order valence-corrected chi connectivity index (χ3v) is 2.00. The van der Waals surface area contributed by atoms with Gasteiger partial charge in [0.2, 0.25) is 0 Å². The minimum Gasteiger partial charge on any atom is -0.351 e. The molecule has 0 atom stereocenters. The zero-order chi connectivity index (χ0) is 9.84. The van der Waals surface area contributed by atoms with Gasteiger partial charge in [0.1, 0.15) is 0 Å². The zero-order valence-electron chi connectivity index (χ0n) is 8.27. The highest BCUT2D eigenvalue weighted by atomic mass is 16.1. The SMILES string of the molecule is CCCNC(=O)c1n[nH]c(C)c1C. The monoisotopic (exact) mass is 181 g/mol. The first-order valence-electron chi connectivity index (χ1n) is 4.46. The largest absolute Gasteiger partial charge is 0.351 e. The van der Waals surface area contributed by atoms with Gasteiger partial charge in [-0.15, -0.1) is 0 Å². The summed E-state index contributed by atoms with van der Waals surface area (Å²) in [6.07, 6.45) is 0.939. The van der Waals surface area contributed by atoms with Crippen LogP contribution in [0, 0.1) is 13.8 Å². The number of rotatable bonds is 3. The molecule has 0 aromatic carbocycles. The number of hydrogen-bond acceptors (Lipinski definition) is 2. The molecule has 0 saturated carbocycles. The fraction of sp³-hybridized carbons (Fsp3) is 0.556. The second-order valence-electron chi connectivity index (χ2n) is 3.08. The number of nitrogens with zero attached hydrogens (tertiary/aromatic N) is 1. The Hall–Kier alpha value is -1.32. The van der Waals surface area contributed by atoms with Crippen molar-refractivity contribution in [3.05, 3.63) is 17.0 Å². The molecule has 1 rings (SSSR count). The van der Waals surface area contributed by atoms with Gasteiger partial charge in [0.25, 0.3) is 5.91 Å². The molecule has 4 nitrogen and oxygen atoms in total. The van der Waals surface area contributed by atoms with Crippen molar-refractivity contribution in [2.45, 2.75) is 27.2 Å². The predicted molar refractivity (Wildman–Crippen MR) is 50.7 cm³/mol. The van der Waals surface area contributed by atoms with Crippen LogP contribution >= 0.6 is 0 Å². The number of amides is 1. The highest BCUT2D eigenvalue weighted by molar-refractivity contribution is 5.93. The van der Waals surface area contributed by atoms with E-state index in [2.05, 4.69) is 15.5 Å². The van der Waals surface area contributed by atoms with Crippen molar-refractivity contribution in [1.82, 2.24) is 15.5 Å². The van der Waals surface area contributed by atoms with Crippen LogP contribution in [-0.2, 0) is 0 Å². The van der Waals surface area contributed by atoms with Gasteiger partial charge in [-0.05, 0) is 20.3 Å². The van der Waals surface area contributed by atoms with Gasteiger partial charge in [0.15, 0.2) is 5.69 Å². The summed E-state index contributed by atoms with van der Waals surface area (Å²) in [7, 11) is 0. The molecule has 72 valence electrons. The first-order valence-corrected chi connectivity index (χ1v) is 4.46. The Morgan fingerprint density at radius 1 is 1.54 bits per heavy atom. The summed E-state index contributed by atoms with van der Waals surface area (Å²) < 4.78 is 0. The van der Waals surface area contributed by atoms with E-state index in [1.807, 2.05) is 20.8 Å². The molecule has 1 amide bonds. The van der Waals surface area contributed by atoms with E-state index >= 15 is 0 Å². The van der Waals surface area contributed by atoms with Crippen molar-refractivity contribution < 1.29 is 4.79 Å². The van der Waals surface area contributed by atoms with E-state index in [1.54, 1.807) is 0 Å². The molecule has 0 bridgehead atoms. The molecule has 1 aromatic rings. The molecule has 0 fully saturated rings. The fourth-order valence-corrected chi connectivity index (χ4v) is 1.03. The molecule has 2 N–H and O–H groups in total. The molecule has 4 heteroatoms. The average molecular weight is 181 g/mol. The van der Waals surface area contributed by atoms with Crippen LogP contribution in [-0.4, -0.2) is 22.6 Å². The molecule has 1 heterocycles. The van der Waals surface area contributed by atoms with Crippen LogP contribution in [0.15, 0.2) is 0 Å². The number of hydrogen-bond donors (Lipinski definition) is 2. The van der Waals surface area contributed by atoms with Gasteiger partial charge in [-0.2, -0.15) is 5.10 Å². The first kappa shape index (κ1) is 9.77. The number of carbonyl (C=O) groups excluding carboxylic acids is 1. The molecule has 0 spiro atoms. The first-order chi connectivity index (χ1) is 6.16. The predicted octanol–water partition coefficient (Wildman–Crippen LogP) is 1.17. The average Bonchev–Trinajstić information content (AvgIpc) is 2.44. The van der Waals surface area contributed by atoms with Gasteiger partial charge in [0, 0.05) is 17.8 Å². The molecule has 0 aliphatic rings. The quantitative estimate of drug-likeness (QED) is 0.735. The van der Waals surface area contributed by atoms with Crippen molar-refractivity contribution in [2.24, 2.45) is 0 Å². The lowest BCUT2D eigenvalue weighted by molar-refractivity contribution is 0.0948. The van der Waals surface area contributed by atoms with Crippen LogP contribution in [0.25, 0.3) is 0 Å². The van der Waals surface area contributed by atoms with Gasteiger partial charge in [-0.3, -0.25) is 9.89 Å². The van der Waals surface area contributed by atoms with Crippen molar-refractivity contribution in [2.75, 3.05) is 6.54 Å². The highest BCUT2D eigenvalue weighted by Crippen LogP contribution is 2.07. The number of aromatic nitrogens is 2. The van der Waals surface area contributed by atoms with Crippen molar-refractivity contribution in [3.63, 3.8) is 0 Å². The van der Waals surface area contributed by atoms with Crippen molar-refractivity contribution >= 4 is 5.91 Å². The highest BCUT2D eigenvalue weighted by Gasteiger charge is 2.12. The van der Waals surface area contributed by atoms with Crippen LogP contribution in [0.2, 0.25) is 0 Å². The van der Waals surface area contributed by atoms with Crippen LogP contribution in [0.3, 0.4) is 0 Å². The van der Waals surface area contributed by atoms with Crippen molar-refractivity contribution in [3.8, 4) is 0 Å². The Bertz CT molecular complexity index is 304. The summed E-state index contributed by atoms with van der Waals surface area (Å²) in [5, 5.41) is 9.50. The minimum absolute atomic E-state index is 0.0938. The Labute approximate surface area is 77.7 Å². The maximum Gasteiger partial charge on any atom is 0.272 e. The molecular formula is C9H15N3O. The molecular weight excluding hydrogens is 166 g/mol. The van der Waals surface area contributed by atoms with Crippen LogP contribution < -0.4 is 5.32 Å². The summed E-state index contributed by atoms with van der Waals surface area (Å²) >= 11 is 0. The summed E-state index contributed by atoms with van der Waals surface area (Å²) in [4.78, 5) is 11.4. The van der Waals surface area contributed by atoms with E-state index in [4.69, 9.17) is 0 Å². The van der Waals surface area contributed by atoms with Crippen LogP contribution in [0.4, 0.5) is 0 Å². The second kappa shape index (κ2) is 4.07. The second-order valence-corrected chi connectivity index (χ2v) is 3.08. The Kier molecular flexibility index (Phi) is 3.06. The molecule has 0 unspecified atom stereocenters. The maximum atomic E-state index is 11.4. The number of aryl methyl sites for hydroxylation is 1. The molecule has 13 heavy (non-hydrogen) atoms. The van der Waals surface area contributed by atoms with Gasteiger partial charge in [0.05, 0.1) is 0 Å². The van der Waals surface area contributed by atoms with Gasteiger partial charge >= 0.3 is 0 Å². The molecule has 0 aliphatic heterocycles. The van der Waals surface area contributed by atoms with Gasteiger partial charge in [-0.1, -0.05) is 6.92 Å². The number of carbonyl (C=O) groups is 1. The lowest BCUT2D eigenvalue weighted by Gasteiger charge is -2.00. The van der Waals surface area contributed by atoms with E-state index < -0.39 is 0 Å². The summed E-state index contributed by atoms with van der Waals surface area (Å²) in [6.45, 7) is 6.51. The lowest BCUT2D eigenvalue weighted by Crippen LogP contribution is -2.25. The lowest BCUT2D eigenvalue weighted by atomic mass is 10.2. The Morgan fingerprint density at radius 2 is 2.23 bits per heavy atom. The maximum absolute atomic E-state index is 11.4. The molecule has 0 aliphatic carbocycles. The summed E-state index contributed by atoms with van der Waals surface area (Å²) in [6, 6.07) is 0. The van der Waals surface area contributed by atoms with Gasteiger partial charge < -0.3 is 5.32 Å². The van der Waals surface area contributed by atoms with Crippen LogP contribution in [0.5, 0.6) is 0 Å². The van der Waals surface area contributed by atoms with Crippen molar-refractivity contribution in [1.29, 1.82) is 0 Å². The third kappa shape index (κ3) is 2.08. The molecule has 1 aromatic heterocycles.